The quantitative estimate of drug-likeness (QED) is 0.527. The van der Waals surface area contributed by atoms with E-state index in [1.807, 2.05) is 0 Å². The second-order valence-electron chi connectivity index (χ2n) is 7.20. The molecule has 5 atom stereocenters. The normalized spacial score (nSPS) is 25.2. The van der Waals surface area contributed by atoms with E-state index >= 15 is 0 Å². The fourth-order valence-corrected chi connectivity index (χ4v) is 3.39. The van der Waals surface area contributed by atoms with Crippen LogP contribution in [0, 0.1) is 11.8 Å². The Bertz CT molecular complexity index is 824. The summed E-state index contributed by atoms with van der Waals surface area (Å²) >= 11 is 0. The van der Waals surface area contributed by atoms with Crippen LogP contribution in [0.15, 0.2) is 42.5 Å². The van der Waals surface area contributed by atoms with Gasteiger partial charge in [0.05, 0.1) is 13.2 Å². The van der Waals surface area contributed by atoms with Crippen LogP contribution < -0.4 is 4.74 Å². The first kappa shape index (κ1) is 20.8. The molecule has 3 rings (SSSR count). The lowest BCUT2D eigenvalue weighted by Gasteiger charge is -2.24. The van der Waals surface area contributed by atoms with E-state index in [9.17, 15) is 19.5 Å². The molecule has 0 bridgehead atoms. The molecule has 0 spiro atoms. The second kappa shape index (κ2) is 9.05. The van der Waals surface area contributed by atoms with E-state index in [0.29, 0.717) is 18.6 Å². The zero-order valence-corrected chi connectivity index (χ0v) is 16.3. The molecule has 1 N–H and O–H groups in total. The third-order valence-electron chi connectivity index (χ3n) is 5.14. The van der Waals surface area contributed by atoms with Crippen molar-refractivity contribution in [2.24, 2.45) is 11.8 Å². The lowest BCUT2D eigenvalue weighted by Crippen LogP contribution is -2.35. The van der Waals surface area contributed by atoms with E-state index in [-0.39, 0.29) is 11.7 Å². The van der Waals surface area contributed by atoms with Crippen molar-refractivity contribution < 1.29 is 33.7 Å². The number of rotatable bonds is 8. The van der Waals surface area contributed by atoms with Crippen molar-refractivity contribution in [3.8, 4) is 5.75 Å². The van der Waals surface area contributed by atoms with Gasteiger partial charge in [-0.15, -0.1) is 0 Å². The molecule has 29 heavy (non-hydrogen) atoms. The number of aliphatic hydroxyl groups is 1. The Morgan fingerprint density at radius 1 is 1.28 bits per heavy atom. The van der Waals surface area contributed by atoms with Gasteiger partial charge in [-0.2, -0.15) is 0 Å². The van der Waals surface area contributed by atoms with Gasteiger partial charge in [0, 0.05) is 24.5 Å². The largest absolute Gasteiger partial charge is 0.497 e. The lowest BCUT2D eigenvalue weighted by atomic mass is 10.0. The number of cyclic esters (lactones) is 1. The fourth-order valence-electron chi connectivity index (χ4n) is 3.39. The predicted octanol–water partition coefficient (Wildman–Crippen LogP) is 2.08. The first-order valence-corrected chi connectivity index (χ1v) is 9.50. The summed E-state index contributed by atoms with van der Waals surface area (Å²) in [6.07, 6.45) is 4.27. The van der Waals surface area contributed by atoms with Crippen LogP contribution in [0.3, 0.4) is 0 Å². The van der Waals surface area contributed by atoms with Crippen molar-refractivity contribution in [3.63, 3.8) is 0 Å². The zero-order chi connectivity index (χ0) is 21.0. The van der Waals surface area contributed by atoms with Gasteiger partial charge >= 0.3 is 11.9 Å². The number of aliphatic hydroxyl groups excluding tert-OH is 1. The molecule has 0 unspecified atom stereocenters. The molecule has 0 radical (unpaired) electrons. The minimum Gasteiger partial charge on any atom is -0.497 e. The maximum atomic E-state index is 12.5. The van der Waals surface area contributed by atoms with Gasteiger partial charge in [0.2, 0.25) is 0 Å². The van der Waals surface area contributed by atoms with Crippen molar-refractivity contribution in [1.82, 2.24) is 0 Å². The number of ether oxygens (including phenoxy) is 3. The summed E-state index contributed by atoms with van der Waals surface area (Å²) in [5.74, 6) is -1.33. The molecule has 7 heteroatoms. The molecular formula is C22H24O7. The Morgan fingerprint density at radius 2 is 2.00 bits per heavy atom. The first-order chi connectivity index (χ1) is 13.9. The van der Waals surface area contributed by atoms with E-state index in [1.165, 1.54) is 19.1 Å². The minimum absolute atomic E-state index is 0.238. The number of benzene rings is 1. The van der Waals surface area contributed by atoms with E-state index < -0.39 is 36.2 Å². The van der Waals surface area contributed by atoms with Crippen LogP contribution in [0.4, 0.5) is 0 Å². The van der Waals surface area contributed by atoms with Crippen LogP contribution in [-0.4, -0.2) is 48.3 Å². The number of carbonyl (C=O) groups excluding carboxylic acids is 3. The van der Waals surface area contributed by atoms with Crippen molar-refractivity contribution in [2.45, 2.75) is 38.1 Å². The number of ketones is 1. The standard InChI is InChI=1S/C22H24O7/c1-13(28-20(24)11-8-14-6-9-15(27-2)10-7-14)21(25)16-12-17(16)22(26)18-4-3-5-19(23)29-18/h3,5-11,13,16-18,22,26H,4,12H2,1-2H3/t13-,16-,17-,18+,22-/m0/s1. The summed E-state index contributed by atoms with van der Waals surface area (Å²) in [5.41, 5.74) is 0.795. The minimum atomic E-state index is -0.918. The first-order valence-electron chi connectivity index (χ1n) is 9.50. The highest BCUT2D eigenvalue weighted by Gasteiger charge is 2.51. The van der Waals surface area contributed by atoms with Gasteiger partial charge in [-0.25, -0.2) is 9.59 Å². The van der Waals surface area contributed by atoms with Gasteiger partial charge in [0.25, 0.3) is 0 Å². The third-order valence-corrected chi connectivity index (χ3v) is 5.14. The van der Waals surface area contributed by atoms with Crippen molar-refractivity contribution in [3.05, 3.63) is 48.1 Å². The van der Waals surface area contributed by atoms with Gasteiger partial charge in [-0.1, -0.05) is 18.2 Å². The van der Waals surface area contributed by atoms with E-state index in [1.54, 1.807) is 43.5 Å². The van der Waals surface area contributed by atoms with Crippen LogP contribution in [0.5, 0.6) is 5.75 Å². The molecule has 154 valence electrons. The van der Waals surface area contributed by atoms with Gasteiger partial charge in [-0.05, 0) is 43.0 Å². The Morgan fingerprint density at radius 3 is 2.66 bits per heavy atom. The summed E-state index contributed by atoms with van der Waals surface area (Å²) in [7, 11) is 1.57. The molecule has 1 aromatic carbocycles. The number of methoxy groups -OCH3 is 1. The number of carbonyl (C=O) groups is 3. The average Bonchev–Trinajstić information content (AvgIpc) is 3.52. The van der Waals surface area contributed by atoms with E-state index in [2.05, 4.69) is 0 Å². The maximum absolute atomic E-state index is 12.5. The highest BCUT2D eigenvalue weighted by molar-refractivity contribution is 5.93. The molecule has 0 aromatic heterocycles. The van der Waals surface area contributed by atoms with Crippen molar-refractivity contribution >= 4 is 23.8 Å². The molecule has 2 aliphatic rings. The Kier molecular flexibility index (Phi) is 6.49. The monoisotopic (exact) mass is 400 g/mol. The van der Waals surface area contributed by atoms with Crippen molar-refractivity contribution in [2.75, 3.05) is 7.11 Å². The molecule has 0 amide bonds. The van der Waals surface area contributed by atoms with Crippen LogP contribution >= 0.6 is 0 Å². The van der Waals surface area contributed by atoms with Crippen molar-refractivity contribution in [1.29, 1.82) is 0 Å². The summed E-state index contributed by atoms with van der Waals surface area (Å²) in [4.78, 5) is 35.8. The lowest BCUT2D eigenvalue weighted by molar-refractivity contribution is -0.152. The molecule has 1 saturated carbocycles. The van der Waals surface area contributed by atoms with Gasteiger partial charge in [-0.3, -0.25) is 4.79 Å². The number of esters is 2. The Balaban J connectivity index is 1.47. The van der Waals surface area contributed by atoms with Crippen LogP contribution in [-0.2, 0) is 23.9 Å². The van der Waals surface area contributed by atoms with Crippen LogP contribution in [0.2, 0.25) is 0 Å². The SMILES string of the molecule is COc1ccc(C=CC(=O)O[C@@H](C)C(=O)[C@H]2C[C@@H]2[C@H](O)[C@H]2CC=CC(=O)O2)cc1. The molecule has 1 heterocycles. The predicted molar refractivity (Wildman–Crippen MR) is 104 cm³/mol. The van der Waals surface area contributed by atoms with Crippen LogP contribution in [0.25, 0.3) is 6.08 Å². The summed E-state index contributed by atoms with van der Waals surface area (Å²) in [6.45, 7) is 1.52. The summed E-state index contributed by atoms with van der Waals surface area (Å²) in [6, 6.07) is 7.13. The molecule has 1 aliphatic carbocycles. The molecule has 1 aromatic rings. The number of hydrogen-bond acceptors (Lipinski definition) is 7. The average molecular weight is 400 g/mol. The van der Waals surface area contributed by atoms with E-state index in [0.717, 1.165) is 5.56 Å². The molecule has 0 saturated heterocycles. The highest BCUT2D eigenvalue weighted by Crippen LogP contribution is 2.44. The van der Waals surface area contributed by atoms with Gasteiger partial charge < -0.3 is 19.3 Å². The van der Waals surface area contributed by atoms with E-state index in [4.69, 9.17) is 14.2 Å². The second-order valence-corrected chi connectivity index (χ2v) is 7.20. The smallest absolute Gasteiger partial charge is 0.331 e. The number of Topliss-reactive ketones (excluding diaryl/α,β-unsaturated/α-hetero) is 1. The summed E-state index contributed by atoms with van der Waals surface area (Å²) < 4.78 is 15.4. The third kappa shape index (κ3) is 5.32. The molecule has 1 aliphatic heterocycles. The molecular weight excluding hydrogens is 376 g/mol. The maximum Gasteiger partial charge on any atom is 0.331 e. The highest BCUT2D eigenvalue weighted by atomic mass is 16.6. The molecule has 7 nitrogen and oxygen atoms in total. The Hall–Kier alpha value is -2.93. The topological polar surface area (TPSA) is 99.1 Å². The van der Waals surface area contributed by atoms with Crippen LogP contribution in [0.1, 0.15) is 25.3 Å². The Labute approximate surface area is 168 Å². The zero-order valence-electron chi connectivity index (χ0n) is 16.3. The van der Waals surface area contributed by atoms with Gasteiger partial charge in [0.15, 0.2) is 11.9 Å². The summed E-state index contributed by atoms with van der Waals surface area (Å²) in [5, 5.41) is 10.4. The fraction of sp³-hybridized carbons (Fsp3) is 0.409. The molecule has 1 fully saturated rings. The van der Waals surface area contributed by atoms with Gasteiger partial charge in [0.1, 0.15) is 11.9 Å². The number of hydrogen-bond donors (Lipinski definition) is 1.